The van der Waals surface area contributed by atoms with Crippen molar-refractivity contribution in [2.45, 2.75) is 155 Å². The average Bonchev–Trinajstić information content (AvgIpc) is 3.78. The minimum Gasteiger partial charge on any atom is -0.370 e. The van der Waals surface area contributed by atoms with Gasteiger partial charge in [0.1, 0.15) is 5.67 Å². The molecule has 0 bridgehead atoms. The van der Waals surface area contributed by atoms with Gasteiger partial charge in [-0.25, -0.2) is 4.39 Å². The standard InChI is InChI=1S/C30H38FN5.C14H22.C6H9NO2.C2H4/c1-3-21-15-29(16-21)10-12-35(13-11-29)22-4-6-27(32-17-22)28-23-5-7-26-25(18-33-34-26)24(23)14-20(2)36(28)19-30(31)8-9-30;1-4-6-13(7-5-2)14-10-8-12(3)9-11-14;1-4-2-3-5(8)7-6(4)9;1-2/h4-7,17-18,20-21,28H,3,8-16,19H2,1-2H3,(H,33,34);8-11,13H,4-7H2,1-3H3;4H,2-3H2,1H3,(H,7,8,9);1-2H2/t20-,28+;;4-;/m1.0./s1. The lowest BCUT2D eigenvalue weighted by Crippen LogP contribution is -2.47. The number of nitrogens with zero attached hydrogens (tertiary/aromatic N) is 4. The molecule has 330 valence electrons. The number of imide groups is 1. The Morgan fingerprint density at radius 1 is 0.902 bits per heavy atom. The van der Waals surface area contributed by atoms with Crippen LogP contribution in [-0.4, -0.2) is 63.2 Å². The summed E-state index contributed by atoms with van der Waals surface area (Å²) >= 11 is 0. The molecule has 4 fully saturated rings. The van der Waals surface area contributed by atoms with Crippen molar-refractivity contribution in [3.05, 3.63) is 102 Å². The second kappa shape index (κ2) is 20.7. The molecule has 2 aromatic heterocycles. The van der Waals surface area contributed by atoms with Gasteiger partial charge >= 0.3 is 0 Å². The third-order valence-corrected chi connectivity index (χ3v) is 14.3. The van der Waals surface area contributed by atoms with Crippen molar-refractivity contribution >= 4 is 28.4 Å². The van der Waals surface area contributed by atoms with Gasteiger partial charge in [-0.05, 0) is 130 Å². The number of aromatic amines is 1. The number of rotatable bonds is 10. The SMILES string of the molecule is C=C.CCC1CC2(CCN(c3ccc([C@@H]4c5ccc6[nH]ncc6c5C[C@@H](C)N4CC4(F)CC4)nc3)CC2)C1.CCCC(CCC)c1ccc(C)cc1.C[C@H]1CCC(=O)NC1=O. The third kappa shape index (κ3) is 11.2. The lowest BCUT2D eigenvalue weighted by molar-refractivity contribution is -0.135. The summed E-state index contributed by atoms with van der Waals surface area (Å²) in [6.45, 7) is 21.8. The van der Waals surface area contributed by atoms with Crippen molar-refractivity contribution in [3.63, 3.8) is 0 Å². The minimum atomic E-state index is -1.04. The predicted octanol–water partition coefficient (Wildman–Crippen LogP) is 11.7. The second-order valence-electron chi connectivity index (χ2n) is 18.9. The zero-order valence-corrected chi connectivity index (χ0v) is 38.1. The number of amides is 2. The Kier molecular flexibility index (Phi) is 15.6. The van der Waals surface area contributed by atoms with Crippen LogP contribution in [-0.2, 0) is 16.0 Å². The van der Waals surface area contributed by atoms with Gasteiger partial charge in [-0.15, -0.1) is 13.2 Å². The van der Waals surface area contributed by atoms with E-state index >= 15 is 4.39 Å². The Bertz CT molecular complexity index is 2020. The number of halogens is 1. The van der Waals surface area contributed by atoms with Crippen molar-refractivity contribution in [2.75, 3.05) is 24.5 Å². The first kappa shape index (κ1) is 46.1. The summed E-state index contributed by atoms with van der Waals surface area (Å²) in [7, 11) is 0. The summed E-state index contributed by atoms with van der Waals surface area (Å²) in [6.07, 6.45) is 19.5. The molecular weight excluding hydrogens is 760 g/mol. The topological polar surface area (TPSA) is 94.2 Å². The molecule has 9 heteroatoms. The molecule has 2 N–H and O–H groups in total. The van der Waals surface area contributed by atoms with Crippen LogP contribution in [0, 0.1) is 24.2 Å². The van der Waals surface area contributed by atoms with E-state index in [9.17, 15) is 9.59 Å². The van der Waals surface area contributed by atoms with E-state index in [0.717, 1.165) is 42.6 Å². The van der Waals surface area contributed by atoms with Crippen molar-refractivity contribution in [1.82, 2.24) is 25.4 Å². The largest absolute Gasteiger partial charge is 0.370 e. The lowest BCUT2D eigenvalue weighted by atomic mass is 9.57. The quantitative estimate of drug-likeness (QED) is 0.122. The normalized spacial score (nSPS) is 22.8. The summed E-state index contributed by atoms with van der Waals surface area (Å²) in [5.74, 6) is 1.49. The number of fused-ring (bicyclic) bond motifs is 3. The molecule has 0 radical (unpaired) electrons. The van der Waals surface area contributed by atoms with E-state index in [1.807, 2.05) is 13.1 Å². The summed E-state index contributed by atoms with van der Waals surface area (Å²) in [5, 5.41) is 10.8. The van der Waals surface area contributed by atoms with Crippen LogP contribution in [0.4, 0.5) is 10.1 Å². The Balaban J connectivity index is 0.000000204. The van der Waals surface area contributed by atoms with Crippen LogP contribution in [0.15, 0.2) is 74.1 Å². The van der Waals surface area contributed by atoms with Gasteiger partial charge < -0.3 is 4.90 Å². The van der Waals surface area contributed by atoms with Crippen LogP contribution in [0.1, 0.15) is 158 Å². The molecule has 9 rings (SSSR count). The van der Waals surface area contributed by atoms with Crippen molar-refractivity contribution in [2.24, 2.45) is 17.3 Å². The number of benzene rings is 2. The Morgan fingerprint density at radius 3 is 2.16 bits per heavy atom. The van der Waals surface area contributed by atoms with Crippen molar-refractivity contribution < 1.29 is 14.0 Å². The number of hydrogen-bond donors (Lipinski definition) is 2. The zero-order valence-electron chi connectivity index (χ0n) is 38.1. The molecule has 61 heavy (non-hydrogen) atoms. The molecule has 0 unspecified atom stereocenters. The smallest absolute Gasteiger partial charge is 0.229 e. The summed E-state index contributed by atoms with van der Waals surface area (Å²) in [5.41, 5.74) is 8.38. The highest BCUT2D eigenvalue weighted by molar-refractivity contribution is 5.98. The monoisotopic (exact) mass is 833 g/mol. The van der Waals surface area contributed by atoms with E-state index in [2.05, 4.69) is 128 Å². The maximum atomic E-state index is 15.1. The van der Waals surface area contributed by atoms with Gasteiger partial charge in [0, 0.05) is 43.4 Å². The fourth-order valence-electron chi connectivity index (χ4n) is 10.3. The predicted molar refractivity (Wildman–Crippen MR) is 249 cm³/mol. The van der Waals surface area contributed by atoms with E-state index in [1.165, 1.54) is 91.1 Å². The summed E-state index contributed by atoms with van der Waals surface area (Å²) in [4.78, 5) is 31.1. The van der Waals surface area contributed by atoms with E-state index in [0.29, 0.717) is 37.6 Å². The second-order valence-corrected chi connectivity index (χ2v) is 18.9. The average molecular weight is 833 g/mol. The zero-order chi connectivity index (χ0) is 43.7. The fraction of sp³-hybridized carbons (Fsp3) is 0.577. The highest BCUT2D eigenvalue weighted by Gasteiger charge is 2.48. The number of carbonyl (C=O) groups is 2. The maximum Gasteiger partial charge on any atom is 0.229 e. The molecule has 5 aliphatic rings. The minimum absolute atomic E-state index is 0.0164. The molecule has 2 aliphatic carbocycles. The molecule has 3 atom stereocenters. The van der Waals surface area contributed by atoms with Gasteiger partial charge in [0.2, 0.25) is 11.8 Å². The molecule has 1 spiro atoms. The molecule has 5 heterocycles. The molecule has 2 amide bonds. The molecule has 8 nitrogen and oxygen atoms in total. The van der Waals surface area contributed by atoms with Crippen molar-refractivity contribution in [1.29, 1.82) is 0 Å². The Morgan fingerprint density at radius 2 is 1.59 bits per heavy atom. The van der Waals surface area contributed by atoms with Gasteiger partial charge in [0.15, 0.2) is 0 Å². The number of carbonyl (C=O) groups excluding carboxylic acids is 2. The highest BCUT2D eigenvalue weighted by Crippen LogP contribution is 2.54. The van der Waals surface area contributed by atoms with E-state index in [4.69, 9.17) is 4.98 Å². The van der Waals surface area contributed by atoms with Crippen LogP contribution in [0.25, 0.3) is 10.9 Å². The number of pyridine rings is 1. The molecule has 2 aromatic carbocycles. The summed E-state index contributed by atoms with van der Waals surface area (Å²) in [6, 6.07) is 18.0. The van der Waals surface area contributed by atoms with Crippen LogP contribution in [0.2, 0.25) is 0 Å². The third-order valence-electron chi connectivity index (χ3n) is 14.3. The maximum absolute atomic E-state index is 15.1. The van der Waals surface area contributed by atoms with Gasteiger partial charge in [-0.1, -0.05) is 82.9 Å². The molecule has 2 saturated carbocycles. The highest BCUT2D eigenvalue weighted by atomic mass is 19.1. The Labute approximate surface area is 365 Å². The lowest BCUT2D eigenvalue weighted by Gasteiger charge is -2.52. The van der Waals surface area contributed by atoms with Gasteiger partial charge in [0.25, 0.3) is 0 Å². The molecule has 3 aliphatic heterocycles. The first-order valence-electron chi connectivity index (χ1n) is 23.4. The van der Waals surface area contributed by atoms with Crippen molar-refractivity contribution in [3.8, 4) is 0 Å². The number of piperidine rings is 2. The number of aryl methyl sites for hydroxylation is 1. The number of H-pyrrole nitrogens is 1. The Hall–Kier alpha value is -4.37. The first-order valence-corrected chi connectivity index (χ1v) is 23.4. The van der Waals surface area contributed by atoms with E-state index in [1.54, 1.807) is 0 Å². The van der Waals surface area contributed by atoms with Gasteiger partial charge in [-0.2, -0.15) is 5.10 Å². The molecule has 2 saturated heterocycles. The van der Waals surface area contributed by atoms with Crippen LogP contribution < -0.4 is 10.2 Å². The van der Waals surface area contributed by atoms with E-state index < -0.39 is 5.67 Å². The summed E-state index contributed by atoms with van der Waals surface area (Å²) < 4.78 is 15.1. The van der Waals surface area contributed by atoms with Gasteiger partial charge in [0.05, 0.1) is 35.3 Å². The van der Waals surface area contributed by atoms with Crippen LogP contribution in [0.5, 0.6) is 0 Å². The molecular formula is C52H73FN6O2. The number of alkyl halides is 1. The number of aromatic nitrogens is 3. The van der Waals surface area contributed by atoms with E-state index in [-0.39, 0.29) is 29.8 Å². The fourth-order valence-corrected chi connectivity index (χ4v) is 10.3. The number of nitrogens with one attached hydrogen (secondary N) is 2. The number of hydrogen-bond acceptors (Lipinski definition) is 6. The van der Waals surface area contributed by atoms with Crippen LogP contribution >= 0.6 is 0 Å². The molecule has 4 aromatic rings. The first-order chi connectivity index (χ1) is 29.4. The number of anilines is 1. The van der Waals surface area contributed by atoms with Gasteiger partial charge in [-0.3, -0.25) is 29.9 Å². The van der Waals surface area contributed by atoms with Crippen LogP contribution in [0.3, 0.4) is 0 Å².